The van der Waals surface area contributed by atoms with Gasteiger partial charge in [0.1, 0.15) is 0 Å². The molecule has 1 fully saturated rings. The zero-order chi connectivity index (χ0) is 13.1. The molecule has 100 valence electrons. The molecule has 2 nitrogen and oxygen atoms in total. The summed E-state index contributed by atoms with van der Waals surface area (Å²) in [6.45, 7) is 2.07. The standard InChI is InChI=1S/C12H15F3N2S/c1-2-18-10-5-3-4-9(10)16-12-8(14)6-7(13)11(15)17-12/h6,9-10H,2-5H2,1H3,(H,16,17). The first-order valence-electron chi connectivity index (χ1n) is 6.01. The average Bonchev–Trinajstić information content (AvgIpc) is 2.74. The van der Waals surface area contributed by atoms with Gasteiger partial charge in [-0.1, -0.05) is 13.3 Å². The molecule has 0 aromatic carbocycles. The number of hydrogen-bond acceptors (Lipinski definition) is 3. The molecule has 1 heterocycles. The highest BCUT2D eigenvalue weighted by Gasteiger charge is 2.28. The number of anilines is 1. The number of halogens is 3. The van der Waals surface area contributed by atoms with E-state index in [9.17, 15) is 13.2 Å². The number of rotatable bonds is 4. The Balaban J connectivity index is 2.11. The zero-order valence-electron chi connectivity index (χ0n) is 10.0. The van der Waals surface area contributed by atoms with Gasteiger partial charge in [0.05, 0.1) is 0 Å². The highest BCUT2D eigenvalue weighted by Crippen LogP contribution is 2.32. The quantitative estimate of drug-likeness (QED) is 0.851. The third kappa shape index (κ3) is 2.91. The molecule has 18 heavy (non-hydrogen) atoms. The van der Waals surface area contributed by atoms with Crippen molar-refractivity contribution in [3.63, 3.8) is 0 Å². The van der Waals surface area contributed by atoms with E-state index in [1.165, 1.54) is 0 Å². The third-order valence-electron chi connectivity index (χ3n) is 3.04. The maximum Gasteiger partial charge on any atom is 0.251 e. The second-order valence-corrected chi connectivity index (χ2v) is 5.78. The molecular formula is C12H15F3N2S. The van der Waals surface area contributed by atoms with Gasteiger partial charge >= 0.3 is 0 Å². The van der Waals surface area contributed by atoms with Gasteiger partial charge in [-0.3, -0.25) is 0 Å². The van der Waals surface area contributed by atoms with Gasteiger partial charge in [-0.25, -0.2) is 8.78 Å². The van der Waals surface area contributed by atoms with Gasteiger partial charge in [-0.05, 0) is 18.6 Å². The van der Waals surface area contributed by atoms with Crippen LogP contribution in [-0.4, -0.2) is 22.0 Å². The van der Waals surface area contributed by atoms with Gasteiger partial charge in [-0.2, -0.15) is 21.1 Å². The van der Waals surface area contributed by atoms with Crippen molar-refractivity contribution < 1.29 is 13.2 Å². The summed E-state index contributed by atoms with van der Waals surface area (Å²) in [7, 11) is 0. The highest BCUT2D eigenvalue weighted by atomic mass is 32.2. The number of hydrogen-bond donors (Lipinski definition) is 1. The lowest BCUT2D eigenvalue weighted by Crippen LogP contribution is -2.27. The number of aromatic nitrogens is 1. The van der Waals surface area contributed by atoms with Crippen LogP contribution in [0.3, 0.4) is 0 Å². The molecular weight excluding hydrogens is 261 g/mol. The number of nitrogens with zero attached hydrogens (tertiary/aromatic N) is 1. The molecule has 1 aliphatic rings. The molecule has 1 aliphatic carbocycles. The van der Waals surface area contributed by atoms with Crippen molar-refractivity contribution in [2.75, 3.05) is 11.1 Å². The van der Waals surface area contributed by atoms with Gasteiger partial charge < -0.3 is 5.32 Å². The van der Waals surface area contributed by atoms with E-state index in [-0.39, 0.29) is 11.9 Å². The summed E-state index contributed by atoms with van der Waals surface area (Å²) in [6.07, 6.45) is 3.01. The molecule has 1 saturated carbocycles. The molecule has 0 radical (unpaired) electrons. The Kier molecular flexibility index (Phi) is 4.37. The first-order chi connectivity index (χ1) is 8.61. The van der Waals surface area contributed by atoms with Gasteiger partial charge in [-0.15, -0.1) is 0 Å². The molecule has 0 saturated heterocycles. The first-order valence-corrected chi connectivity index (χ1v) is 7.06. The molecule has 2 rings (SSSR count). The lowest BCUT2D eigenvalue weighted by Gasteiger charge is -2.20. The summed E-state index contributed by atoms with van der Waals surface area (Å²) in [5, 5.41) is 3.28. The zero-order valence-corrected chi connectivity index (χ0v) is 10.9. The van der Waals surface area contributed by atoms with E-state index in [1.54, 1.807) is 11.8 Å². The van der Waals surface area contributed by atoms with Crippen LogP contribution in [0.4, 0.5) is 19.0 Å². The minimum absolute atomic E-state index is 0.0711. The SMILES string of the molecule is CCSC1CCCC1Nc1nc(F)c(F)cc1F. The van der Waals surface area contributed by atoms with Crippen LogP contribution < -0.4 is 5.32 Å². The fraction of sp³-hybridized carbons (Fsp3) is 0.583. The number of nitrogens with one attached hydrogen (secondary N) is 1. The Labute approximate surface area is 108 Å². The van der Waals surface area contributed by atoms with Crippen LogP contribution >= 0.6 is 11.8 Å². The van der Waals surface area contributed by atoms with Gasteiger partial charge in [0, 0.05) is 17.4 Å². The Morgan fingerprint density at radius 2 is 2.11 bits per heavy atom. The van der Waals surface area contributed by atoms with Crippen LogP contribution in [-0.2, 0) is 0 Å². The van der Waals surface area contributed by atoms with Crippen molar-refractivity contribution in [3.8, 4) is 0 Å². The highest BCUT2D eigenvalue weighted by molar-refractivity contribution is 7.99. The molecule has 2 atom stereocenters. The Morgan fingerprint density at radius 1 is 1.33 bits per heavy atom. The van der Waals surface area contributed by atoms with Crippen LogP contribution in [0.2, 0.25) is 0 Å². The van der Waals surface area contributed by atoms with Gasteiger partial charge in [0.15, 0.2) is 17.5 Å². The summed E-state index contributed by atoms with van der Waals surface area (Å²) >= 11 is 1.80. The van der Waals surface area contributed by atoms with Crippen molar-refractivity contribution >= 4 is 17.6 Å². The molecule has 0 bridgehead atoms. The molecule has 6 heteroatoms. The minimum atomic E-state index is -1.27. The number of thioether (sulfide) groups is 1. The number of pyridine rings is 1. The van der Waals surface area contributed by atoms with Crippen molar-refractivity contribution in [3.05, 3.63) is 23.6 Å². The van der Waals surface area contributed by atoms with E-state index >= 15 is 0 Å². The van der Waals surface area contributed by atoms with Crippen LogP contribution in [0.1, 0.15) is 26.2 Å². The van der Waals surface area contributed by atoms with Crippen molar-refractivity contribution in [2.24, 2.45) is 0 Å². The molecule has 1 aromatic heterocycles. The van der Waals surface area contributed by atoms with E-state index in [4.69, 9.17) is 0 Å². The minimum Gasteiger partial charge on any atom is -0.364 e. The van der Waals surface area contributed by atoms with E-state index in [1.807, 2.05) is 0 Å². The van der Waals surface area contributed by atoms with E-state index in [0.29, 0.717) is 11.3 Å². The average molecular weight is 276 g/mol. The molecule has 0 amide bonds. The summed E-state index contributed by atoms with van der Waals surface area (Å²) < 4.78 is 39.2. The van der Waals surface area contributed by atoms with Crippen molar-refractivity contribution in [1.82, 2.24) is 4.98 Å². The maximum atomic E-state index is 13.5. The second-order valence-electron chi connectivity index (χ2n) is 4.27. The van der Waals surface area contributed by atoms with Crippen LogP contribution in [0.5, 0.6) is 0 Å². The fourth-order valence-electron chi connectivity index (χ4n) is 2.23. The van der Waals surface area contributed by atoms with Crippen LogP contribution in [0.15, 0.2) is 6.07 Å². The van der Waals surface area contributed by atoms with E-state index in [0.717, 1.165) is 25.0 Å². The normalized spacial score (nSPS) is 23.3. The predicted molar refractivity (Wildman–Crippen MR) is 67.3 cm³/mol. The summed E-state index contributed by atoms with van der Waals surface area (Å²) in [4.78, 5) is 3.29. The maximum absolute atomic E-state index is 13.5. The largest absolute Gasteiger partial charge is 0.364 e. The molecule has 1 aromatic rings. The predicted octanol–water partition coefficient (Wildman–Crippen LogP) is 3.59. The lowest BCUT2D eigenvalue weighted by atomic mass is 10.2. The van der Waals surface area contributed by atoms with Gasteiger partial charge in [0.2, 0.25) is 0 Å². The summed E-state index contributed by atoms with van der Waals surface area (Å²) in [5.41, 5.74) is 0. The fourth-order valence-corrected chi connectivity index (χ4v) is 3.42. The van der Waals surface area contributed by atoms with Crippen LogP contribution in [0, 0.1) is 17.6 Å². The van der Waals surface area contributed by atoms with Crippen molar-refractivity contribution in [1.29, 1.82) is 0 Å². The topological polar surface area (TPSA) is 24.9 Å². The smallest absolute Gasteiger partial charge is 0.251 e. The lowest BCUT2D eigenvalue weighted by molar-refractivity contribution is 0.465. The first kappa shape index (κ1) is 13.5. The van der Waals surface area contributed by atoms with Crippen LogP contribution in [0.25, 0.3) is 0 Å². The van der Waals surface area contributed by atoms with E-state index in [2.05, 4.69) is 17.2 Å². The molecule has 1 N–H and O–H groups in total. The Bertz CT molecular complexity index is 428. The van der Waals surface area contributed by atoms with Crippen molar-refractivity contribution in [2.45, 2.75) is 37.5 Å². The second kappa shape index (κ2) is 5.82. The summed E-state index contributed by atoms with van der Waals surface area (Å²) in [5.74, 6) is -2.58. The molecule has 0 spiro atoms. The van der Waals surface area contributed by atoms with Gasteiger partial charge in [0.25, 0.3) is 5.95 Å². The third-order valence-corrected chi connectivity index (χ3v) is 4.37. The Morgan fingerprint density at radius 3 is 2.83 bits per heavy atom. The van der Waals surface area contributed by atoms with E-state index < -0.39 is 17.6 Å². The molecule has 0 aliphatic heterocycles. The Hall–Kier alpha value is -0.910. The molecule has 2 unspecified atom stereocenters. The summed E-state index contributed by atoms with van der Waals surface area (Å²) in [6, 6.07) is 0.600. The monoisotopic (exact) mass is 276 g/mol.